The Labute approximate surface area is 103 Å². The maximum atomic E-state index is 4.79. The Morgan fingerprint density at radius 3 is 2.13 bits per heavy atom. The van der Waals surface area contributed by atoms with Gasteiger partial charge in [-0.2, -0.15) is 12.6 Å². The first-order chi connectivity index (χ1) is 6.98. The average molecular weight is 230 g/mol. The number of hydrogen-bond donors (Lipinski definition) is 1. The van der Waals surface area contributed by atoms with Gasteiger partial charge < -0.3 is 0 Å². The van der Waals surface area contributed by atoms with Crippen molar-refractivity contribution in [3.05, 3.63) is 0 Å². The molecule has 0 saturated carbocycles. The van der Waals surface area contributed by atoms with Gasteiger partial charge in [0.2, 0.25) is 0 Å². The Morgan fingerprint density at radius 2 is 1.60 bits per heavy atom. The van der Waals surface area contributed by atoms with Gasteiger partial charge in [-0.15, -0.1) is 0 Å². The van der Waals surface area contributed by atoms with Gasteiger partial charge in [0.15, 0.2) is 0 Å². The van der Waals surface area contributed by atoms with Crippen molar-refractivity contribution in [1.82, 2.24) is 0 Å². The minimum absolute atomic E-state index is 0.274. The largest absolute Gasteiger partial charge is 0.173 e. The number of rotatable bonds is 9. The van der Waals surface area contributed by atoms with Crippen LogP contribution in [0, 0.1) is 5.92 Å². The molecule has 0 spiro atoms. The fourth-order valence-corrected chi connectivity index (χ4v) is 2.12. The lowest BCUT2D eigenvalue weighted by Gasteiger charge is -2.24. The second kappa shape index (κ2) is 8.50. The molecule has 0 fully saturated rings. The van der Waals surface area contributed by atoms with Gasteiger partial charge >= 0.3 is 0 Å². The van der Waals surface area contributed by atoms with Crippen LogP contribution in [0.5, 0.6) is 0 Å². The molecule has 1 unspecified atom stereocenters. The molecule has 1 atom stereocenters. The molecule has 0 heterocycles. The molecule has 0 aliphatic heterocycles. The average Bonchev–Trinajstić information content (AvgIpc) is 2.15. The molecular formula is C14H30S. The summed E-state index contributed by atoms with van der Waals surface area (Å²) >= 11 is 4.79. The van der Waals surface area contributed by atoms with Crippen LogP contribution >= 0.6 is 12.6 Å². The van der Waals surface area contributed by atoms with E-state index in [0.717, 1.165) is 5.92 Å². The molecule has 0 aromatic carbocycles. The molecule has 0 saturated heterocycles. The highest BCUT2D eigenvalue weighted by atomic mass is 32.1. The smallest absolute Gasteiger partial charge is 0.0101 e. The molecule has 0 rings (SSSR count). The Balaban J connectivity index is 3.46. The van der Waals surface area contributed by atoms with E-state index in [1.165, 1.54) is 51.4 Å². The van der Waals surface area contributed by atoms with Crippen molar-refractivity contribution in [2.24, 2.45) is 5.92 Å². The van der Waals surface area contributed by atoms with Crippen molar-refractivity contribution in [1.29, 1.82) is 0 Å². The van der Waals surface area contributed by atoms with E-state index in [-0.39, 0.29) is 4.75 Å². The number of thiol groups is 1. The summed E-state index contributed by atoms with van der Waals surface area (Å²) in [5.41, 5.74) is 0. The SMILES string of the molecule is CCCCCCCC(C)(S)CCC(C)C. The van der Waals surface area contributed by atoms with Crippen LogP contribution in [0.1, 0.15) is 79.1 Å². The van der Waals surface area contributed by atoms with Gasteiger partial charge in [-0.3, -0.25) is 0 Å². The Hall–Kier alpha value is 0.350. The van der Waals surface area contributed by atoms with Gasteiger partial charge in [-0.05, 0) is 25.2 Å². The summed E-state index contributed by atoms with van der Waals surface area (Å²) in [5, 5.41) is 0. The molecule has 0 bridgehead atoms. The van der Waals surface area contributed by atoms with Crippen molar-refractivity contribution in [2.75, 3.05) is 0 Å². The summed E-state index contributed by atoms with van der Waals surface area (Å²) in [6.45, 7) is 9.17. The van der Waals surface area contributed by atoms with Gasteiger partial charge in [0.05, 0.1) is 0 Å². The van der Waals surface area contributed by atoms with E-state index in [9.17, 15) is 0 Å². The van der Waals surface area contributed by atoms with Crippen LogP contribution in [-0.2, 0) is 0 Å². The van der Waals surface area contributed by atoms with E-state index < -0.39 is 0 Å². The zero-order chi connectivity index (χ0) is 11.7. The zero-order valence-electron chi connectivity index (χ0n) is 11.2. The summed E-state index contributed by atoms with van der Waals surface area (Å²) in [5.74, 6) is 0.816. The van der Waals surface area contributed by atoms with Crippen LogP contribution < -0.4 is 0 Å². The second-order valence-electron chi connectivity index (χ2n) is 5.59. The molecule has 0 aromatic heterocycles. The Bertz CT molecular complexity index is 138. The van der Waals surface area contributed by atoms with E-state index in [4.69, 9.17) is 12.6 Å². The third-order valence-electron chi connectivity index (χ3n) is 3.08. The molecule has 0 aliphatic rings. The van der Waals surface area contributed by atoms with Gasteiger partial charge in [0.1, 0.15) is 0 Å². The van der Waals surface area contributed by atoms with Crippen LogP contribution in [0.25, 0.3) is 0 Å². The molecule has 15 heavy (non-hydrogen) atoms. The van der Waals surface area contributed by atoms with Crippen molar-refractivity contribution in [3.8, 4) is 0 Å². The zero-order valence-corrected chi connectivity index (χ0v) is 12.1. The van der Waals surface area contributed by atoms with Crippen molar-refractivity contribution in [3.63, 3.8) is 0 Å². The van der Waals surface area contributed by atoms with Crippen LogP contribution in [0.2, 0.25) is 0 Å². The molecule has 0 radical (unpaired) electrons. The highest BCUT2D eigenvalue weighted by Gasteiger charge is 2.18. The van der Waals surface area contributed by atoms with Crippen molar-refractivity contribution in [2.45, 2.75) is 83.8 Å². The van der Waals surface area contributed by atoms with Crippen molar-refractivity contribution < 1.29 is 0 Å². The molecule has 0 aromatic rings. The third kappa shape index (κ3) is 10.6. The van der Waals surface area contributed by atoms with Gasteiger partial charge in [0, 0.05) is 4.75 Å². The maximum absolute atomic E-state index is 4.79. The van der Waals surface area contributed by atoms with Gasteiger partial charge in [-0.1, -0.05) is 59.8 Å². The molecule has 0 N–H and O–H groups in total. The van der Waals surface area contributed by atoms with Crippen LogP contribution in [0.15, 0.2) is 0 Å². The summed E-state index contributed by atoms with van der Waals surface area (Å²) in [6.07, 6.45) is 10.8. The maximum Gasteiger partial charge on any atom is 0.0101 e. The highest BCUT2D eigenvalue weighted by Crippen LogP contribution is 2.29. The fourth-order valence-electron chi connectivity index (χ4n) is 1.83. The first-order valence-electron chi connectivity index (χ1n) is 6.70. The quantitative estimate of drug-likeness (QED) is 0.394. The molecule has 0 amide bonds. The summed E-state index contributed by atoms with van der Waals surface area (Å²) < 4.78 is 0.274. The van der Waals surface area contributed by atoms with E-state index in [0.29, 0.717) is 0 Å². The topological polar surface area (TPSA) is 0 Å². The lowest BCUT2D eigenvalue weighted by Crippen LogP contribution is -2.17. The number of unbranched alkanes of at least 4 members (excludes halogenated alkanes) is 4. The highest BCUT2D eigenvalue weighted by molar-refractivity contribution is 7.81. The third-order valence-corrected chi connectivity index (χ3v) is 3.53. The number of hydrogen-bond acceptors (Lipinski definition) is 1. The first-order valence-corrected chi connectivity index (χ1v) is 7.15. The minimum Gasteiger partial charge on any atom is -0.173 e. The standard InChI is InChI=1S/C14H30S/c1-5-6-7-8-9-11-14(4,15)12-10-13(2)3/h13,15H,5-12H2,1-4H3. The molecule has 1 heteroatoms. The molecular weight excluding hydrogens is 200 g/mol. The van der Waals surface area contributed by atoms with Crippen LogP contribution in [0.4, 0.5) is 0 Å². The molecule has 0 nitrogen and oxygen atoms in total. The second-order valence-corrected chi connectivity index (χ2v) is 6.67. The minimum atomic E-state index is 0.274. The summed E-state index contributed by atoms with van der Waals surface area (Å²) in [7, 11) is 0. The van der Waals surface area contributed by atoms with E-state index in [2.05, 4.69) is 27.7 Å². The van der Waals surface area contributed by atoms with Crippen LogP contribution in [-0.4, -0.2) is 4.75 Å². The van der Waals surface area contributed by atoms with Crippen molar-refractivity contribution >= 4 is 12.6 Å². The normalized spacial score (nSPS) is 15.6. The van der Waals surface area contributed by atoms with Gasteiger partial charge in [-0.25, -0.2) is 0 Å². The lowest BCUT2D eigenvalue weighted by atomic mass is 9.93. The van der Waals surface area contributed by atoms with E-state index in [1.807, 2.05) is 0 Å². The van der Waals surface area contributed by atoms with E-state index >= 15 is 0 Å². The first kappa shape index (κ1) is 15.3. The Morgan fingerprint density at radius 1 is 1.00 bits per heavy atom. The molecule has 0 aliphatic carbocycles. The Kier molecular flexibility index (Phi) is 8.69. The summed E-state index contributed by atoms with van der Waals surface area (Å²) in [4.78, 5) is 0. The van der Waals surface area contributed by atoms with E-state index in [1.54, 1.807) is 0 Å². The molecule has 92 valence electrons. The lowest BCUT2D eigenvalue weighted by molar-refractivity contribution is 0.446. The van der Waals surface area contributed by atoms with Gasteiger partial charge in [0.25, 0.3) is 0 Å². The summed E-state index contributed by atoms with van der Waals surface area (Å²) in [6, 6.07) is 0. The van der Waals surface area contributed by atoms with Crippen LogP contribution in [0.3, 0.4) is 0 Å². The monoisotopic (exact) mass is 230 g/mol. The fraction of sp³-hybridized carbons (Fsp3) is 1.00. The predicted octanol–water partition coefficient (Wildman–Crippen LogP) is 5.47. The predicted molar refractivity (Wildman–Crippen MR) is 74.8 cm³/mol.